The fourth-order valence-corrected chi connectivity index (χ4v) is 1.28. The van der Waals surface area contributed by atoms with Gasteiger partial charge in [-0.3, -0.25) is 4.98 Å². The van der Waals surface area contributed by atoms with Crippen molar-refractivity contribution in [3.8, 4) is 6.19 Å². The number of nitrogens with zero attached hydrogens (tertiary/aromatic N) is 3. The van der Waals surface area contributed by atoms with Gasteiger partial charge in [-0.05, 0) is 18.6 Å². The van der Waals surface area contributed by atoms with Gasteiger partial charge in [-0.2, -0.15) is 9.83 Å². The molecule has 0 unspecified atom stereocenters. The normalized spacial score (nSPS) is 10.2. The van der Waals surface area contributed by atoms with Gasteiger partial charge >= 0.3 is 5.69 Å². The summed E-state index contributed by atoms with van der Waals surface area (Å²) in [5.74, 6) is 0. The molecule has 0 spiro atoms. The lowest BCUT2D eigenvalue weighted by atomic mass is 10.3. The van der Waals surface area contributed by atoms with Crippen molar-refractivity contribution in [3.05, 3.63) is 28.3 Å². The molecule has 0 amide bonds. The molecule has 2 heterocycles. The van der Waals surface area contributed by atoms with Gasteiger partial charge in [-0.25, -0.2) is 9.78 Å². The van der Waals surface area contributed by atoms with E-state index in [4.69, 9.17) is 5.26 Å². The number of fused-ring (bicyclic) bond motifs is 1. The highest BCUT2D eigenvalue weighted by atomic mass is 16.1. The van der Waals surface area contributed by atoms with Crippen molar-refractivity contribution in [2.24, 2.45) is 0 Å². The Bertz CT molecular complexity index is 558. The highest BCUT2D eigenvalue weighted by Gasteiger charge is 2.08. The summed E-state index contributed by atoms with van der Waals surface area (Å²) in [6.45, 7) is 1.82. The third kappa shape index (κ3) is 0.924. The zero-order valence-corrected chi connectivity index (χ0v) is 6.90. The standard InChI is InChI=1S/C8H6N4O/c1-5-2-3-10-7-6(5)12(4-9)8(13)11-7/h2-3H,1H3,(H,10,11,13). The van der Waals surface area contributed by atoms with E-state index in [-0.39, 0.29) is 0 Å². The highest BCUT2D eigenvalue weighted by molar-refractivity contribution is 5.75. The molecule has 0 fully saturated rings. The van der Waals surface area contributed by atoms with Crippen LogP contribution in [0.1, 0.15) is 5.56 Å². The summed E-state index contributed by atoms with van der Waals surface area (Å²) in [5.41, 5.74) is 1.41. The third-order valence-corrected chi connectivity index (χ3v) is 1.88. The first-order valence-corrected chi connectivity index (χ1v) is 3.70. The van der Waals surface area contributed by atoms with Crippen LogP contribution in [0.2, 0.25) is 0 Å². The number of aryl methyl sites for hydroxylation is 1. The maximum absolute atomic E-state index is 11.2. The van der Waals surface area contributed by atoms with Crippen LogP contribution in [-0.2, 0) is 0 Å². The van der Waals surface area contributed by atoms with E-state index in [9.17, 15) is 4.79 Å². The zero-order chi connectivity index (χ0) is 9.42. The predicted molar refractivity (Wildman–Crippen MR) is 46.1 cm³/mol. The average molecular weight is 174 g/mol. The Labute approximate surface area is 73.3 Å². The van der Waals surface area contributed by atoms with Crippen LogP contribution in [0, 0.1) is 18.4 Å². The van der Waals surface area contributed by atoms with Gasteiger partial charge in [0.1, 0.15) is 5.52 Å². The largest absolute Gasteiger partial charge is 0.341 e. The van der Waals surface area contributed by atoms with Gasteiger partial charge in [0.25, 0.3) is 0 Å². The number of aromatic amines is 1. The first-order chi connectivity index (χ1) is 6.24. The average Bonchev–Trinajstić information content (AvgIpc) is 2.42. The van der Waals surface area contributed by atoms with Crippen LogP contribution in [0.15, 0.2) is 17.1 Å². The second kappa shape index (κ2) is 2.45. The Hall–Kier alpha value is -2.09. The minimum absolute atomic E-state index is 0.445. The topological polar surface area (TPSA) is 74.5 Å². The number of nitrogens with one attached hydrogen (secondary N) is 1. The smallest absolute Gasteiger partial charge is 0.289 e. The fraction of sp³-hybridized carbons (Fsp3) is 0.125. The summed E-state index contributed by atoms with van der Waals surface area (Å²) in [5, 5.41) is 8.69. The lowest BCUT2D eigenvalue weighted by Crippen LogP contribution is -2.12. The molecule has 0 saturated heterocycles. The molecular formula is C8H6N4O. The monoisotopic (exact) mass is 174 g/mol. The van der Waals surface area contributed by atoms with Crippen molar-refractivity contribution in [2.75, 3.05) is 0 Å². The van der Waals surface area contributed by atoms with Crippen molar-refractivity contribution in [3.63, 3.8) is 0 Å². The maximum atomic E-state index is 11.2. The van der Waals surface area contributed by atoms with E-state index in [1.54, 1.807) is 18.5 Å². The highest BCUT2D eigenvalue weighted by Crippen LogP contribution is 2.10. The number of imidazole rings is 1. The van der Waals surface area contributed by atoms with Crippen molar-refractivity contribution in [2.45, 2.75) is 6.92 Å². The molecule has 0 radical (unpaired) electrons. The second-order valence-corrected chi connectivity index (χ2v) is 2.69. The van der Waals surface area contributed by atoms with Crippen LogP contribution in [-0.4, -0.2) is 14.5 Å². The number of H-pyrrole nitrogens is 1. The minimum atomic E-state index is -0.445. The van der Waals surface area contributed by atoms with Crippen LogP contribution in [0.3, 0.4) is 0 Å². The molecule has 0 aromatic carbocycles. The molecule has 2 aromatic rings. The molecule has 2 rings (SSSR count). The molecule has 13 heavy (non-hydrogen) atoms. The van der Waals surface area contributed by atoms with E-state index in [1.807, 2.05) is 6.92 Å². The van der Waals surface area contributed by atoms with E-state index < -0.39 is 5.69 Å². The first kappa shape index (κ1) is 7.55. The lowest BCUT2D eigenvalue weighted by Gasteiger charge is -1.93. The molecule has 5 nitrogen and oxygen atoms in total. The van der Waals surface area contributed by atoms with Crippen LogP contribution < -0.4 is 5.69 Å². The quantitative estimate of drug-likeness (QED) is 0.626. The molecule has 1 N–H and O–H groups in total. The number of hydrogen-bond donors (Lipinski definition) is 1. The molecule has 2 aromatic heterocycles. The molecule has 5 heteroatoms. The van der Waals surface area contributed by atoms with E-state index in [2.05, 4.69) is 9.97 Å². The van der Waals surface area contributed by atoms with Gasteiger partial charge in [0.2, 0.25) is 0 Å². The zero-order valence-electron chi connectivity index (χ0n) is 6.90. The Balaban J connectivity index is 3.08. The Morgan fingerprint density at radius 3 is 3.15 bits per heavy atom. The van der Waals surface area contributed by atoms with Crippen molar-refractivity contribution >= 4 is 11.2 Å². The predicted octanol–water partition coefficient (Wildman–Crippen LogP) is 0.362. The molecule has 0 aliphatic carbocycles. The molecule has 64 valence electrons. The number of hydrogen-bond acceptors (Lipinski definition) is 3. The molecule has 0 aliphatic rings. The Morgan fingerprint density at radius 2 is 2.46 bits per heavy atom. The summed E-state index contributed by atoms with van der Waals surface area (Å²) < 4.78 is 0.998. The summed E-state index contributed by atoms with van der Waals surface area (Å²) in [6.07, 6.45) is 3.38. The first-order valence-electron chi connectivity index (χ1n) is 3.70. The van der Waals surface area contributed by atoms with Gasteiger partial charge in [0.15, 0.2) is 11.8 Å². The SMILES string of the molecule is Cc1ccnc2[nH]c(=O)n(C#N)c12. The Kier molecular flexibility index (Phi) is 1.43. The van der Waals surface area contributed by atoms with Gasteiger partial charge in [0, 0.05) is 6.20 Å². The minimum Gasteiger partial charge on any atom is -0.289 e. The third-order valence-electron chi connectivity index (χ3n) is 1.88. The summed E-state index contributed by atoms with van der Waals surface area (Å²) >= 11 is 0. The molecule has 0 atom stereocenters. The fourth-order valence-electron chi connectivity index (χ4n) is 1.28. The van der Waals surface area contributed by atoms with Gasteiger partial charge < -0.3 is 0 Å². The van der Waals surface area contributed by atoms with Crippen LogP contribution in [0.25, 0.3) is 11.2 Å². The summed E-state index contributed by atoms with van der Waals surface area (Å²) in [6, 6.07) is 1.75. The van der Waals surface area contributed by atoms with Gasteiger partial charge in [-0.1, -0.05) is 0 Å². The number of rotatable bonds is 0. The number of aromatic nitrogens is 3. The number of pyridine rings is 1. The Morgan fingerprint density at radius 1 is 1.69 bits per heavy atom. The van der Waals surface area contributed by atoms with Crippen molar-refractivity contribution in [1.29, 1.82) is 5.26 Å². The van der Waals surface area contributed by atoms with E-state index in [0.717, 1.165) is 10.1 Å². The lowest BCUT2D eigenvalue weighted by molar-refractivity contribution is 1.03. The second-order valence-electron chi connectivity index (χ2n) is 2.69. The molecular weight excluding hydrogens is 168 g/mol. The van der Waals surface area contributed by atoms with E-state index in [0.29, 0.717) is 11.2 Å². The molecule has 0 bridgehead atoms. The van der Waals surface area contributed by atoms with Gasteiger partial charge in [-0.15, -0.1) is 0 Å². The summed E-state index contributed by atoms with van der Waals surface area (Å²) in [4.78, 5) is 17.6. The summed E-state index contributed by atoms with van der Waals surface area (Å²) in [7, 11) is 0. The van der Waals surface area contributed by atoms with E-state index >= 15 is 0 Å². The number of nitriles is 1. The van der Waals surface area contributed by atoms with Crippen LogP contribution in [0.4, 0.5) is 0 Å². The maximum Gasteiger partial charge on any atom is 0.341 e. The van der Waals surface area contributed by atoms with Crippen molar-refractivity contribution in [1.82, 2.24) is 14.5 Å². The van der Waals surface area contributed by atoms with Crippen molar-refractivity contribution < 1.29 is 0 Å². The molecule has 0 aliphatic heterocycles. The van der Waals surface area contributed by atoms with Crippen LogP contribution >= 0.6 is 0 Å². The van der Waals surface area contributed by atoms with E-state index in [1.165, 1.54) is 0 Å². The van der Waals surface area contributed by atoms with Gasteiger partial charge in [0.05, 0.1) is 0 Å². The molecule has 0 saturated carbocycles. The van der Waals surface area contributed by atoms with Crippen LogP contribution in [0.5, 0.6) is 0 Å².